The van der Waals surface area contributed by atoms with Crippen molar-refractivity contribution >= 4 is 21.3 Å². The molecule has 0 aliphatic rings. The van der Waals surface area contributed by atoms with Crippen LogP contribution in [0.4, 0.5) is 4.79 Å². The van der Waals surface area contributed by atoms with Gasteiger partial charge >= 0.3 is 21.3 Å². The van der Waals surface area contributed by atoms with Crippen LogP contribution >= 0.6 is 15.2 Å². The van der Waals surface area contributed by atoms with Crippen molar-refractivity contribution in [2.45, 2.75) is 145 Å². The second kappa shape index (κ2) is 16.8. The van der Waals surface area contributed by atoms with E-state index in [0.717, 1.165) is 33.4 Å². The van der Waals surface area contributed by atoms with E-state index in [1.54, 1.807) is 27.7 Å². The molecule has 0 saturated heterocycles. The molecule has 0 aliphatic carbocycles. The van der Waals surface area contributed by atoms with Crippen LogP contribution in [0.25, 0.3) is 0 Å². The van der Waals surface area contributed by atoms with Crippen molar-refractivity contribution in [3.05, 3.63) is 57.6 Å². The summed E-state index contributed by atoms with van der Waals surface area (Å²) in [6.07, 6.45) is -0.705. The number of benzene rings is 2. The molecule has 0 aliphatic heterocycles. The molecule has 0 N–H and O–H groups in total. The summed E-state index contributed by atoms with van der Waals surface area (Å²) in [5.74, 6) is 0.809. The van der Waals surface area contributed by atoms with E-state index in [2.05, 4.69) is 0 Å². The fraction of sp³-hybridized carbons (Fsp3) is 0.667. The Balaban J connectivity index is 2.78. The Hall–Kier alpha value is -1.99. The van der Waals surface area contributed by atoms with Crippen LogP contribution in [0.15, 0.2) is 24.3 Å². The van der Waals surface area contributed by atoms with Gasteiger partial charge in [-0.2, -0.15) is 0 Å². The van der Waals surface area contributed by atoms with Gasteiger partial charge < -0.3 is 27.6 Å². The smallest absolute Gasteiger partial charge is 0.394 e. The van der Waals surface area contributed by atoms with Gasteiger partial charge in [-0.3, -0.25) is 9.13 Å². The predicted octanol–water partition coefficient (Wildman–Crippen LogP) is 12.0. The van der Waals surface area contributed by atoms with E-state index in [9.17, 15) is 13.9 Å². The van der Waals surface area contributed by atoms with Gasteiger partial charge in [-0.25, -0.2) is 4.79 Å². The summed E-state index contributed by atoms with van der Waals surface area (Å²) in [5.41, 5.74) is 2.75. The van der Waals surface area contributed by atoms with E-state index in [4.69, 9.17) is 27.6 Å². The highest BCUT2D eigenvalue weighted by molar-refractivity contribution is 7.53. The van der Waals surface area contributed by atoms with Crippen LogP contribution in [0.5, 0.6) is 11.5 Å². The lowest BCUT2D eigenvalue weighted by atomic mass is 9.78. The van der Waals surface area contributed by atoms with Crippen molar-refractivity contribution in [2.75, 3.05) is 26.4 Å². The molecule has 9 nitrogen and oxygen atoms in total. The standard InChI is InChI=1S/C39H64O9P2/c1-17-43-49(41,44-18-2)25-27-21-29(36(5,6)7)33(30(22-27)37(8,9)10)47-35(40)48-34-31(38(11,12)13)23-28(24-32(34)39(14,15)16)26-50(42,45-19-3)46-20-4/h21-24H,17-20,25-26H2,1-16H3. The summed E-state index contributed by atoms with van der Waals surface area (Å²) in [7, 11) is -6.82. The normalized spacial score (nSPS) is 13.4. The number of rotatable bonds is 14. The first kappa shape index (κ1) is 44.2. The second-order valence-corrected chi connectivity index (χ2v) is 20.8. The van der Waals surface area contributed by atoms with E-state index in [-0.39, 0.29) is 38.8 Å². The third-order valence-electron chi connectivity index (χ3n) is 7.96. The summed E-state index contributed by atoms with van der Waals surface area (Å²) in [5, 5.41) is 0. The molecule has 0 spiro atoms. The number of carbonyl (C=O) groups excluding carboxylic acids is 1. The fourth-order valence-electron chi connectivity index (χ4n) is 5.69. The van der Waals surface area contributed by atoms with Crippen molar-refractivity contribution in [3.63, 3.8) is 0 Å². The lowest BCUT2D eigenvalue weighted by Gasteiger charge is -2.32. The predicted molar refractivity (Wildman–Crippen MR) is 203 cm³/mol. The van der Waals surface area contributed by atoms with Crippen LogP contribution in [0.3, 0.4) is 0 Å². The molecule has 0 radical (unpaired) electrons. The molecule has 0 unspecified atom stereocenters. The van der Waals surface area contributed by atoms with Crippen LogP contribution in [-0.2, 0) is 61.2 Å². The van der Waals surface area contributed by atoms with Crippen molar-refractivity contribution in [3.8, 4) is 11.5 Å². The molecule has 0 heterocycles. The molecule has 2 rings (SSSR count). The minimum absolute atomic E-state index is 0.0846. The zero-order chi connectivity index (χ0) is 38.5. The molecule has 0 bridgehead atoms. The highest BCUT2D eigenvalue weighted by Crippen LogP contribution is 2.54. The van der Waals surface area contributed by atoms with Gasteiger partial charge in [-0.05, 0) is 60.5 Å². The van der Waals surface area contributed by atoms with Crippen LogP contribution in [0, 0.1) is 0 Å². The monoisotopic (exact) mass is 738 g/mol. The molecule has 0 saturated carbocycles. The molecule has 0 amide bonds. The zero-order valence-electron chi connectivity index (χ0n) is 33.6. The van der Waals surface area contributed by atoms with Crippen molar-refractivity contribution < 1.29 is 41.5 Å². The van der Waals surface area contributed by atoms with Crippen LogP contribution in [0.1, 0.15) is 144 Å². The maximum absolute atomic E-state index is 14.1. The third-order valence-corrected chi connectivity index (χ3v) is 12.1. The van der Waals surface area contributed by atoms with E-state index < -0.39 is 43.0 Å². The van der Waals surface area contributed by atoms with Gasteiger partial charge in [0, 0.05) is 22.3 Å². The number of ether oxygens (including phenoxy) is 2. The maximum atomic E-state index is 14.1. The van der Waals surface area contributed by atoms with Gasteiger partial charge in [-0.15, -0.1) is 0 Å². The van der Waals surface area contributed by atoms with Crippen LogP contribution < -0.4 is 9.47 Å². The van der Waals surface area contributed by atoms with E-state index in [1.165, 1.54) is 0 Å². The SMILES string of the molecule is CCOP(=O)(Cc1cc(C(C)(C)C)c(OC(=O)Oc2c(C(C)(C)C)cc(CP(=O)(OCC)OCC)cc2C(C)(C)C)c(C(C)(C)C)c1)OCC. The fourth-order valence-corrected chi connectivity index (χ4v) is 9.03. The van der Waals surface area contributed by atoms with Crippen LogP contribution in [0.2, 0.25) is 0 Å². The summed E-state index contributed by atoms with van der Waals surface area (Å²) in [4.78, 5) is 14.1. The summed E-state index contributed by atoms with van der Waals surface area (Å²) < 4.78 is 62.1. The summed E-state index contributed by atoms with van der Waals surface area (Å²) in [6.45, 7) is 32.7. The highest BCUT2D eigenvalue weighted by Gasteiger charge is 2.35. The Morgan fingerprint density at radius 2 is 0.700 bits per heavy atom. The first-order valence-corrected chi connectivity index (χ1v) is 21.2. The summed E-state index contributed by atoms with van der Waals surface area (Å²) >= 11 is 0. The largest absolute Gasteiger partial charge is 0.519 e. The van der Waals surface area contributed by atoms with Crippen molar-refractivity contribution in [2.24, 2.45) is 0 Å². The first-order valence-electron chi connectivity index (χ1n) is 17.7. The number of carbonyl (C=O) groups is 1. The van der Waals surface area contributed by atoms with Gasteiger partial charge in [0.25, 0.3) is 0 Å². The van der Waals surface area contributed by atoms with Crippen molar-refractivity contribution in [1.29, 1.82) is 0 Å². The van der Waals surface area contributed by atoms with Crippen LogP contribution in [-0.4, -0.2) is 32.6 Å². The Kier molecular flexibility index (Phi) is 14.8. The molecule has 2 aromatic rings. The van der Waals surface area contributed by atoms with E-state index >= 15 is 0 Å². The van der Waals surface area contributed by atoms with E-state index in [1.807, 2.05) is 107 Å². The van der Waals surface area contributed by atoms with Gasteiger partial charge in [0.1, 0.15) is 11.5 Å². The van der Waals surface area contributed by atoms with Gasteiger partial charge in [0.05, 0.1) is 38.8 Å². The summed E-state index contributed by atoms with van der Waals surface area (Å²) in [6, 6.07) is 7.70. The molecule has 0 fully saturated rings. The van der Waals surface area contributed by atoms with Gasteiger partial charge in [0.15, 0.2) is 0 Å². The average molecular weight is 739 g/mol. The molecule has 284 valence electrons. The topological polar surface area (TPSA) is 107 Å². The quantitative estimate of drug-likeness (QED) is 0.106. The molecular weight excluding hydrogens is 674 g/mol. The lowest BCUT2D eigenvalue weighted by Crippen LogP contribution is -2.26. The Labute approximate surface area is 302 Å². The minimum atomic E-state index is -3.41. The zero-order valence-corrected chi connectivity index (χ0v) is 35.4. The Morgan fingerprint density at radius 3 is 0.880 bits per heavy atom. The average Bonchev–Trinajstić information content (AvgIpc) is 2.92. The maximum Gasteiger partial charge on any atom is 0.519 e. The number of hydrogen-bond acceptors (Lipinski definition) is 9. The number of hydrogen-bond donors (Lipinski definition) is 0. The lowest BCUT2D eigenvalue weighted by molar-refractivity contribution is 0.148. The molecule has 0 atom stereocenters. The minimum Gasteiger partial charge on any atom is -0.394 e. The first-order chi connectivity index (χ1) is 22.7. The highest BCUT2D eigenvalue weighted by atomic mass is 31.2. The van der Waals surface area contributed by atoms with Gasteiger partial charge in [-0.1, -0.05) is 107 Å². The van der Waals surface area contributed by atoms with Crippen molar-refractivity contribution in [1.82, 2.24) is 0 Å². The molecule has 50 heavy (non-hydrogen) atoms. The second-order valence-electron chi connectivity index (χ2n) is 16.7. The molecule has 11 heteroatoms. The molecular formula is C39H64O9P2. The third kappa shape index (κ3) is 12.0. The van der Waals surface area contributed by atoms with Gasteiger partial charge in [0.2, 0.25) is 0 Å². The Morgan fingerprint density at radius 1 is 0.480 bits per heavy atom. The molecule has 2 aromatic carbocycles. The molecule has 0 aromatic heterocycles. The Bertz CT molecular complexity index is 1360. The van der Waals surface area contributed by atoms with E-state index in [0.29, 0.717) is 11.5 Å².